The first-order chi connectivity index (χ1) is 14.6. The molecule has 0 bridgehead atoms. The molecule has 3 nitrogen and oxygen atoms in total. The lowest BCUT2D eigenvalue weighted by atomic mass is 9.99. The summed E-state index contributed by atoms with van der Waals surface area (Å²) < 4.78 is 0. The van der Waals surface area contributed by atoms with Crippen LogP contribution in [0.15, 0.2) is 54.6 Å². The molecule has 5 heteroatoms. The molecule has 0 radical (unpaired) electrons. The monoisotopic (exact) mass is 436 g/mol. The van der Waals surface area contributed by atoms with Gasteiger partial charge in [-0.1, -0.05) is 61.5 Å². The summed E-state index contributed by atoms with van der Waals surface area (Å²) in [5.74, 6) is 2.12. The minimum Gasteiger partial charge on any atom is -0.341 e. The molecule has 2 heterocycles. The molecule has 1 aliphatic rings. The number of aromatic nitrogens is 1. The van der Waals surface area contributed by atoms with Gasteiger partial charge < -0.3 is 4.90 Å². The fraction of sp³-hybridized carbons (Fsp3) is 0.360. The zero-order valence-corrected chi connectivity index (χ0v) is 19.3. The Morgan fingerprint density at radius 2 is 1.93 bits per heavy atom. The Hall–Kier alpha value is -2.11. The SMILES string of the molecule is CCc1ccc(-c2nc(C)c(CSCC(=O)N3CCC(c4ccccc4)C3)s2)cc1. The van der Waals surface area contributed by atoms with Gasteiger partial charge in [0, 0.05) is 35.2 Å². The number of aryl methyl sites for hydroxylation is 2. The van der Waals surface area contributed by atoms with Gasteiger partial charge in [-0.25, -0.2) is 4.98 Å². The van der Waals surface area contributed by atoms with E-state index in [9.17, 15) is 4.79 Å². The van der Waals surface area contributed by atoms with E-state index >= 15 is 0 Å². The highest BCUT2D eigenvalue weighted by atomic mass is 32.2. The maximum absolute atomic E-state index is 12.7. The van der Waals surface area contributed by atoms with Crippen molar-refractivity contribution in [2.75, 3.05) is 18.8 Å². The van der Waals surface area contributed by atoms with Gasteiger partial charge in [0.05, 0.1) is 11.4 Å². The Bertz CT molecular complexity index is 982. The van der Waals surface area contributed by atoms with Crippen LogP contribution in [-0.2, 0) is 17.0 Å². The number of hydrogen-bond donors (Lipinski definition) is 0. The average Bonchev–Trinajstić information content (AvgIpc) is 3.42. The van der Waals surface area contributed by atoms with Crippen LogP contribution in [0.25, 0.3) is 10.6 Å². The quantitative estimate of drug-likeness (QED) is 0.460. The molecule has 1 aromatic heterocycles. The first kappa shape index (κ1) is 21.1. The van der Waals surface area contributed by atoms with E-state index in [1.807, 2.05) is 11.0 Å². The maximum Gasteiger partial charge on any atom is 0.232 e. The van der Waals surface area contributed by atoms with E-state index in [0.717, 1.165) is 42.4 Å². The van der Waals surface area contributed by atoms with Crippen molar-refractivity contribution in [2.24, 2.45) is 0 Å². The zero-order chi connectivity index (χ0) is 20.9. The maximum atomic E-state index is 12.7. The Morgan fingerprint density at radius 1 is 1.17 bits per heavy atom. The van der Waals surface area contributed by atoms with Crippen LogP contribution in [-0.4, -0.2) is 34.6 Å². The lowest BCUT2D eigenvalue weighted by Gasteiger charge is -2.16. The molecule has 156 valence electrons. The molecule has 1 unspecified atom stereocenters. The minimum atomic E-state index is 0.260. The summed E-state index contributed by atoms with van der Waals surface area (Å²) in [5.41, 5.74) is 4.95. The lowest BCUT2D eigenvalue weighted by molar-refractivity contribution is -0.127. The summed E-state index contributed by atoms with van der Waals surface area (Å²) in [6, 6.07) is 19.2. The molecule has 1 aliphatic heterocycles. The topological polar surface area (TPSA) is 33.2 Å². The Labute approximate surface area is 187 Å². The van der Waals surface area contributed by atoms with Gasteiger partial charge >= 0.3 is 0 Å². The number of carbonyl (C=O) groups excluding carboxylic acids is 1. The van der Waals surface area contributed by atoms with Crippen LogP contribution < -0.4 is 0 Å². The lowest BCUT2D eigenvalue weighted by Crippen LogP contribution is -2.30. The molecule has 1 atom stereocenters. The summed E-state index contributed by atoms with van der Waals surface area (Å²) in [7, 11) is 0. The average molecular weight is 437 g/mol. The summed E-state index contributed by atoms with van der Waals surface area (Å²) in [6.07, 6.45) is 2.12. The smallest absolute Gasteiger partial charge is 0.232 e. The third kappa shape index (κ3) is 4.96. The molecule has 1 fully saturated rings. The number of thioether (sulfide) groups is 1. The van der Waals surface area contributed by atoms with Crippen molar-refractivity contribution in [3.8, 4) is 10.6 Å². The van der Waals surface area contributed by atoms with Crippen LogP contribution >= 0.6 is 23.1 Å². The van der Waals surface area contributed by atoms with Crippen LogP contribution in [0.3, 0.4) is 0 Å². The number of amides is 1. The van der Waals surface area contributed by atoms with Crippen molar-refractivity contribution >= 4 is 29.0 Å². The van der Waals surface area contributed by atoms with Crippen LogP contribution in [0, 0.1) is 6.92 Å². The highest BCUT2D eigenvalue weighted by Gasteiger charge is 2.27. The van der Waals surface area contributed by atoms with E-state index in [4.69, 9.17) is 4.98 Å². The van der Waals surface area contributed by atoms with Crippen molar-refractivity contribution in [1.29, 1.82) is 0 Å². The number of benzene rings is 2. The number of thiazole rings is 1. The molecule has 0 N–H and O–H groups in total. The molecule has 0 aliphatic carbocycles. The van der Waals surface area contributed by atoms with Crippen molar-refractivity contribution in [3.63, 3.8) is 0 Å². The largest absolute Gasteiger partial charge is 0.341 e. The molecule has 0 spiro atoms. The summed E-state index contributed by atoms with van der Waals surface area (Å²) in [4.78, 5) is 20.7. The second kappa shape index (κ2) is 9.80. The summed E-state index contributed by atoms with van der Waals surface area (Å²) in [6.45, 7) is 5.96. The van der Waals surface area contributed by atoms with Crippen molar-refractivity contribution in [1.82, 2.24) is 9.88 Å². The van der Waals surface area contributed by atoms with Gasteiger partial charge in [0.2, 0.25) is 5.91 Å². The highest BCUT2D eigenvalue weighted by molar-refractivity contribution is 7.99. The standard InChI is InChI=1S/C25H28N2OS2/c1-3-19-9-11-21(12-10-19)25-26-18(2)23(30-25)16-29-17-24(28)27-14-13-22(15-27)20-7-5-4-6-8-20/h4-12,22H,3,13-17H2,1-2H3. The normalized spacial score (nSPS) is 16.2. The number of hydrogen-bond acceptors (Lipinski definition) is 4. The van der Waals surface area contributed by atoms with Gasteiger partial charge in [-0.15, -0.1) is 23.1 Å². The van der Waals surface area contributed by atoms with Crippen molar-refractivity contribution in [2.45, 2.75) is 38.4 Å². The molecular weight excluding hydrogens is 408 g/mol. The van der Waals surface area contributed by atoms with E-state index in [2.05, 4.69) is 62.4 Å². The predicted octanol–water partition coefficient (Wildman–Crippen LogP) is 5.93. The molecule has 30 heavy (non-hydrogen) atoms. The molecule has 2 aromatic carbocycles. The molecule has 4 rings (SSSR count). The first-order valence-electron chi connectivity index (χ1n) is 10.6. The number of likely N-dealkylation sites (tertiary alicyclic amines) is 1. The Morgan fingerprint density at radius 3 is 2.67 bits per heavy atom. The summed E-state index contributed by atoms with van der Waals surface area (Å²) in [5, 5.41) is 1.07. The number of nitrogens with zero attached hydrogens (tertiary/aromatic N) is 2. The second-order valence-corrected chi connectivity index (χ2v) is 9.88. The third-order valence-electron chi connectivity index (χ3n) is 5.77. The predicted molar refractivity (Wildman–Crippen MR) is 128 cm³/mol. The van der Waals surface area contributed by atoms with E-state index in [0.29, 0.717) is 11.7 Å². The van der Waals surface area contributed by atoms with E-state index in [1.165, 1.54) is 21.6 Å². The van der Waals surface area contributed by atoms with Crippen molar-refractivity contribution < 1.29 is 4.79 Å². The first-order valence-corrected chi connectivity index (χ1v) is 12.6. The second-order valence-electron chi connectivity index (χ2n) is 7.81. The fourth-order valence-electron chi connectivity index (χ4n) is 3.87. The van der Waals surface area contributed by atoms with Crippen LogP contribution in [0.2, 0.25) is 0 Å². The molecular formula is C25H28N2OS2. The fourth-order valence-corrected chi connectivity index (χ4v) is 6.08. The minimum absolute atomic E-state index is 0.260. The van der Waals surface area contributed by atoms with Crippen LogP contribution in [0.4, 0.5) is 0 Å². The van der Waals surface area contributed by atoms with Crippen LogP contribution in [0.5, 0.6) is 0 Å². The molecule has 3 aromatic rings. The highest BCUT2D eigenvalue weighted by Crippen LogP contribution is 2.31. The zero-order valence-electron chi connectivity index (χ0n) is 17.6. The van der Waals surface area contributed by atoms with Gasteiger partial charge in [-0.2, -0.15) is 0 Å². The Kier molecular flexibility index (Phi) is 6.90. The van der Waals surface area contributed by atoms with Gasteiger partial charge in [0.15, 0.2) is 0 Å². The van der Waals surface area contributed by atoms with Crippen molar-refractivity contribution in [3.05, 3.63) is 76.3 Å². The van der Waals surface area contributed by atoms with E-state index in [1.54, 1.807) is 23.1 Å². The molecule has 0 saturated carbocycles. The van der Waals surface area contributed by atoms with Gasteiger partial charge in [0.25, 0.3) is 0 Å². The Balaban J connectivity index is 1.29. The summed E-state index contributed by atoms with van der Waals surface area (Å²) >= 11 is 3.46. The third-order valence-corrected chi connectivity index (χ3v) is 8.11. The number of rotatable bonds is 7. The molecule has 1 saturated heterocycles. The van der Waals surface area contributed by atoms with Gasteiger partial charge in [-0.3, -0.25) is 4.79 Å². The van der Waals surface area contributed by atoms with Crippen LogP contribution in [0.1, 0.15) is 41.0 Å². The molecule has 1 amide bonds. The van der Waals surface area contributed by atoms with Gasteiger partial charge in [-0.05, 0) is 30.9 Å². The van der Waals surface area contributed by atoms with Gasteiger partial charge in [0.1, 0.15) is 5.01 Å². The van der Waals surface area contributed by atoms with E-state index < -0.39 is 0 Å². The van der Waals surface area contributed by atoms with E-state index in [-0.39, 0.29) is 5.91 Å². The number of carbonyl (C=O) groups is 1.